The van der Waals surface area contributed by atoms with Crippen LogP contribution in [0, 0.1) is 0 Å². The van der Waals surface area contributed by atoms with Crippen LogP contribution in [0.1, 0.15) is 36.5 Å². The first kappa shape index (κ1) is 22.7. The Hall–Kier alpha value is -2.61. The van der Waals surface area contributed by atoms with Crippen molar-refractivity contribution in [1.82, 2.24) is 5.32 Å². The third kappa shape index (κ3) is 9.43. The predicted molar refractivity (Wildman–Crippen MR) is 109 cm³/mol. The predicted octanol–water partition coefficient (Wildman–Crippen LogP) is 3.72. The molecule has 0 unspecified atom stereocenters. The number of hydrogen-bond acceptors (Lipinski definition) is 7. The van der Waals surface area contributed by atoms with Crippen molar-refractivity contribution >= 4 is 5.97 Å². The van der Waals surface area contributed by atoms with Crippen LogP contribution in [0.3, 0.4) is 0 Å². The minimum Gasteiger partial charge on any atom is -0.508 e. The summed E-state index contributed by atoms with van der Waals surface area (Å²) in [6.07, 6.45) is 2.79. The largest absolute Gasteiger partial charge is 0.508 e. The van der Waals surface area contributed by atoms with Gasteiger partial charge in [-0.05, 0) is 67.8 Å². The Morgan fingerprint density at radius 3 is 2.17 bits per heavy atom. The van der Waals surface area contributed by atoms with Gasteiger partial charge in [0, 0.05) is 13.2 Å². The summed E-state index contributed by atoms with van der Waals surface area (Å²) in [4.78, 5) is 12.0. The van der Waals surface area contributed by atoms with Gasteiger partial charge in [-0.25, -0.2) is 4.79 Å². The Morgan fingerprint density at radius 1 is 0.862 bits per heavy atom. The number of phenolic OH excluding ortho intramolecular Hbond substituents is 1. The van der Waals surface area contributed by atoms with Gasteiger partial charge in [0.15, 0.2) is 0 Å². The Bertz CT molecular complexity index is 702. The maximum Gasteiger partial charge on any atom is 0.343 e. The molecule has 0 aliphatic carbocycles. The number of hydrogen-bond donors (Lipinski definition) is 2. The van der Waals surface area contributed by atoms with Gasteiger partial charge in [0.1, 0.15) is 17.2 Å². The van der Waals surface area contributed by atoms with Crippen LogP contribution < -0.4 is 14.8 Å². The van der Waals surface area contributed by atoms with Crippen LogP contribution in [0.2, 0.25) is 0 Å². The van der Waals surface area contributed by atoms with Gasteiger partial charge < -0.3 is 24.1 Å². The standard InChI is InChI=1S/C22H29NO6/c1-2-13-26-16-23-17-27-14-3-4-15-28-20-9-11-21(12-10-20)29-22(25)18-5-7-19(24)8-6-18/h5-12,23-24H,2-4,13-17H2,1H3. The van der Waals surface area contributed by atoms with E-state index in [1.807, 2.05) is 0 Å². The van der Waals surface area contributed by atoms with Gasteiger partial charge in [-0.15, -0.1) is 0 Å². The molecule has 2 aromatic carbocycles. The molecular weight excluding hydrogens is 374 g/mol. The van der Waals surface area contributed by atoms with E-state index < -0.39 is 5.97 Å². The quantitative estimate of drug-likeness (QED) is 0.215. The normalized spacial score (nSPS) is 10.7. The molecule has 2 N–H and O–H groups in total. The van der Waals surface area contributed by atoms with Crippen LogP contribution in [0.25, 0.3) is 0 Å². The second-order valence-corrected chi connectivity index (χ2v) is 6.32. The van der Waals surface area contributed by atoms with Gasteiger partial charge in [-0.1, -0.05) is 6.92 Å². The molecule has 0 aliphatic rings. The molecule has 0 saturated heterocycles. The number of esters is 1. The monoisotopic (exact) mass is 403 g/mol. The van der Waals surface area contributed by atoms with Crippen molar-refractivity contribution in [2.24, 2.45) is 0 Å². The Morgan fingerprint density at radius 2 is 1.48 bits per heavy atom. The van der Waals surface area contributed by atoms with E-state index in [4.69, 9.17) is 18.9 Å². The summed E-state index contributed by atoms with van der Waals surface area (Å²) in [7, 11) is 0. The van der Waals surface area contributed by atoms with E-state index in [2.05, 4.69) is 12.2 Å². The lowest BCUT2D eigenvalue weighted by molar-refractivity contribution is 0.0573. The summed E-state index contributed by atoms with van der Waals surface area (Å²) >= 11 is 0. The highest BCUT2D eigenvalue weighted by Gasteiger charge is 2.08. The number of nitrogens with one attached hydrogen (secondary N) is 1. The van der Waals surface area contributed by atoms with E-state index >= 15 is 0 Å². The average molecular weight is 403 g/mol. The number of carbonyl (C=O) groups is 1. The first-order chi connectivity index (χ1) is 14.2. The summed E-state index contributed by atoms with van der Waals surface area (Å²) in [6, 6.07) is 12.8. The summed E-state index contributed by atoms with van der Waals surface area (Å²) < 4.78 is 21.7. The van der Waals surface area contributed by atoms with Crippen molar-refractivity contribution in [3.63, 3.8) is 0 Å². The summed E-state index contributed by atoms with van der Waals surface area (Å²) in [5.41, 5.74) is 0.369. The zero-order valence-electron chi connectivity index (χ0n) is 16.8. The lowest BCUT2D eigenvalue weighted by atomic mass is 10.2. The van der Waals surface area contributed by atoms with Crippen molar-refractivity contribution in [2.45, 2.75) is 26.2 Å². The Balaban J connectivity index is 1.56. The van der Waals surface area contributed by atoms with Crippen LogP contribution in [0.15, 0.2) is 48.5 Å². The fraction of sp³-hybridized carbons (Fsp3) is 0.409. The SMILES string of the molecule is CCCOCNCOCCCCOc1ccc(OC(=O)c2ccc(O)cc2)cc1. The third-order valence-electron chi connectivity index (χ3n) is 3.85. The average Bonchev–Trinajstić information content (AvgIpc) is 2.73. The fourth-order valence-corrected chi connectivity index (χ4v) is 2.34. The van der Waals surface area contributed by atoms with E-state index in [-0.39, 0.29) is 5.75 Å². The highest BCUT2D eigenvalue weighted by molar-refractivity contribution is 5.91. The molecule has 0 radical (unpaired) electrons. The molecule has 0 aromatic heterocycles. The van der Waals surface area contributed by atoms with Gasteiger partial charge in [-0.2, -0.15) is 0 Å². The molecule has 2 aromatic rings. The van der Waals surface area contributed by atoms with Gasteiger partial charge >= 0.3 is 5.97 Å². The molecule has 7 heteroatoms. The number of phenols is 1. The van der Waals surface area contributed by atoms with Crippen molar-refractivity contribution < 1.29 is 28.8 Å². The molecule has 29 heavy (non-hydrogen) atoms. The first-order valence-corrected chi connectivity index (χ1v) is 9.79. The van der Waals surface area contributed by atoms with E-state index in [1.54, 1.807) is 24.3 Å². The van der Waals surface area contributed by atoms with Gasteiger partial charge in [0.2, 0.25) is 0 Å². The molecule has 158 valence electrons. The second kappa shape index (κ2) is 13.5. The van der Waals surface area contributed by atoms with Gasteiger partial charge in [0.25, 0.3) is 0 Å². The molecule has 0 heterocycles. The summed E-state index contributed by atoms with van der Waals surface area (Å²) in [5, 5.41) is 12.3. The number of unbranched alkanes of at least 4 members (excludes halogenated alkanes) is 1. The minimum absolute atomic E-state index is 0.100. The highest BCUT2D eigenvalue weighted by atomic mass is 16.5. The molecule has 0 spiro atoms. The second-order valence-electron chi connectivity index (χ2n) is 6.32. The maximum absolute atomic E-state index is 12.0. The summed E-state index contributed by atoms with van der Waals surface area (Å²) in [5.74, 6) is 0.762. The van der Waals surface area contributed by atoms with E-state index in [0.717, 1.165) is 25.9 Å². The van der Waals surface area contributed by atoms with Crippen LogP contribution >= 0.6 is 0 Å². The molecule has 7 nitrogen and oxygen atoms in total. The number of carbonyl (C=O) groups excluding carboxylic acids is 1. The molecule has 0 saturated carbocycles. The molecule has 0 aliphatic heterocycles. The Kier molecular flexibility index (Phi) is 10.6. The maximum atomic E-state index is 12.0. The molecule has 0 fully saturated rings. The zero-order valence-corrected chi connectivity index (χ0v) is 16.8. The summed E-state index contributed by atoms with van der Waals surface area (Å²) in [6.45, 7) is 5.07. The number of rotatable bonds is 14. The first-order valence-electron chi connectivity index (χ1n) is 9.79. The molecule has 0 amide bonds. The third-order valence-corrected chi connectivity index (χ3v) is 3.85. The van der Waals surface area contributed by atoms with E-state index in [1.165, 1.54) is 24.3 Å². The molecule has 2 rings (SSSR count). The smallest absolute Gasteiger partial charge is 0.343 e. The zero-order chi connectivity index (χ0) is 20.7. The van der Waals surface area contributed by atoms with Crippen molar-refractivity contribution in [3.8, 4) is 17.2 Å². The molecule has 0 bridgehead atoms. The van der Waals surface area contributed by atoms with Crippen LogP contribution in [0.5, 0.6) is 17.2 Å². The van der Waals surface area contributed by atoms with E-state index in [0.29, 0.717) is 43.7 Å². The highest BCUT2D eigenvalue weighted by Crippen LogP contribution is 2.19. The fourth-order valence-electron chi connectivity index (χ4n) is 2.34. The lowest BCUT2D eigenvalue weighted by Gasteiger charge is -2.09. The van der Waals surface area contributed by atoms with E-state index in [9.17, 15) is 9.90 Å². The van der Waals surface area contributed by atoms with Crippen molar-refractivity contribution in [2.75, 3.05) is 33.3 Å². The van der Waals surface area contributed by atoms with Crippen LogP contribution in [-0.2, 0) is 9.47 Å². The molecular formula is C22H29NO6. The topological polar surface area (TPSA) is 86.3 Å². The number of ether oxygens (including phenoxy) is 4. The molecule has 0 atom stereocenters. The van der Waals surface area contributed by atoms with Gasteiger partial charge in [0.05, 0.1) is 25.6 Å². The van der Waals surface area contributed by atoms with Crippen LogP contribution in [-0.4, -0.2) is 44.4 Å². The number of benzene rings is 2. The Labute approximate surface area is 171 Å². The minimum atomic E-state index is -0.481. The van der Waals surface area contributed by atoms with Crippen molar-refractivity contribution in [1.29, 1.82) is 0 Å². The van der Waals surface area contributed by atoms with Gasteiger partial charge in [-0.3, -0.25) is 5.32 Å². The van der Waals surface area contributed by atoms with Crippen LogP contribution in [0.4, 0.5) is 0 Å². The van der Waals surface area contributed by atoms with Crippen molar-refractivity contribution in [3.05, 3.63) is 54.1 Å². The lowest BCUT2D eigenvalue weighted by Crippen LogP contribution is -2.21. The number of aromatic hydroxyl groups is 1.